The maximum Gasteiger partial charge on any atom is 0.118 e. The molecule has 0 aromatic carbocycles. The Balaban J connectivity index is 2.22. The molecule has 3 heteroatoms. The van der Waals surface area contributed by atoms with E-state index in [9.17, 15) is 0 Å². The van der Waals surface area contributed by atoms with Crippen molar-refractivity contribution in [3.05, 3.63) is 12.0 Å². The third-order valence-corrected chi connectivity index (χ3v) is 2.05. The normalized spacial score (nSPS) is 45.7. The van der Waals surface area contributed by atoms with Crippen molar-refractivity contribution in [1.82, 2.24) is 15.5 Å². The van der Waals surface area contributed by atoms with E-state index in [0.29, 0.717) is 0 Å². The van der Waals surface area contributed by atoms with E-state index < -0.39 is 0 Å². The second-order valence-corrected chi connectivity index (χ2v) is 2.91. The predicted octanol–water partition coefficient (Wildman–Crippen LogP) is 0.0723. The number of nitrogens with one attached hydrogen (secondary N) is 2. The molecule has 2 N–H and O–H groups in total. The first-order chi connectivity index (χ1) is 6.20. The first kappa shape index (κ1) is 4.91. The zero-order chi connectivity index (χ0) is 9.42. The zero-order valence-electron chi connectivity index (χ0n) is 8.67. The molecule has 0 radical (unpaired) electrons. The highest BCUT2D eigenvalue weighted by molar-refractivity contribution is 5.06. The standard InChI is InChI=1S/C8H15N3/c1-7-5-9-6-8-10-3-2-4-11(7)8/h6-7,9-10H,2-5H2,1H3/i4D,5D. The molecule has 3 unspecified atom stereocenters. The Kier molecular flexibility index (Phi) is 1.18. The molecule has 3 nitrogen and oxygen atoms in total. The molecule has 2 aliphatic heterocycles. The van der Waals surface area contributed by atoms with E-state index in [4.69, 9.17) is 2.74 Å². The minimum absolute atomic E-state index is 0.0651. The number of hydrogen-bond acceptors (Lipinski definition) is 3. The predicted molar refractivity (Wildman–Crippen MR) is 44.9 cm³/mol. The number of hydrogen-bond donors (Lipinski definition) is 2. The molecule has 2 heterocycles. The van der Waals surface area contributed by atoms with Gasteiger partial charge in [-0.25, -0.2) is 0 Å². The van der Waals surface area contributed by atoms with Crippen molar-refractivity contribution in [1.29, 1.82) is 0 Å². The van der Waals surface area contributed by atoms with Crippen molar-refractivity contribution >= 4 is 0 Å². The van der Waals surface area contributed by atoms with Gasteiger partial charge in [-0.3, -0.25) is 0 Å². The highest BCUT2D eigenvalue weighted by atomic mass is 15.3. The van der Waals surface area contributed by atoms with Crippen molar-refractivity contribution in [2.24, 2.45) is 0 Å². The quantitative estimate of drug-likeness (QED) is 0.518. The summed E-state index contributed by atoms with van der Waals surface area (Å²) < 4.78 is 15.5. The van der Waals surface area contributed by atoms with Crippen molar-refractivity contribution in [2.45, 2.75) is 19.4 Å². The van der Waals surface area contributed by atoms with Crippen LogP contribution in [0, 0.1) is 0 Å². The van der Waals surface area contributed by atoms with Crippen molar-refractivity contribution in [2.75, 3.05) is 19.6 Å². The van der Waals surface area contributed by atoms with Gasteiger partial charge in [0.15, 0.2) is 0 Å². The highest BCUT2D eigenvalue weighted by Gasteiger charge is 2.22. The Labute approximate surface area is 70.3 Å². The second-order valence-electron chi connectivity index (χ2n) is 2.91. The van der Waals surface area contributed by atoms with Gasteiger partial charge in [-0.15, -0.1) is 0 Å². The van der Waals surface area contributed by atoms with Crippen LogP contribution in [0.5, 0.6) is 0 Å². The lowest BCUT2D eigenvalue weighted by Crippen LogP contribution is -2.50. The second kappa shape index (κ2) is 2.64. The Hall–Kier alpha value is -0.860. The number of nitrogens with zero attached hydrogens (tertiary/aromatic N) is 1. The molecule has 0 spiro atoms. The zero-order valence-corrected chi connectivity index (χ0v) is 6.67. The molecule has 0 bridgehead atoms. The van der Waals surface area contributed by atoms with E-state index in [0.717, 1.165) is 18.8 Å². The van der Waals surface area contributed by atoms with Crippen LogP contribution in [0.4, 0.5) is 0 Å². The molecule has 1 saturated heterocycles. The lowest BCUT2D eigenvalue weighted by molar-refractivity contribution is 0.204. The summed E-state index contributed by atoms with van der Waals surface area (Å²) in [5.41, 5.74) is 0. The van der Waals surface area contributed by atoms with Crippen LogP contribution in [0.15, 0.2) is 12.0 Å². The summed E-state index contributed by atoms with van der Waals surface area (Å²) in [6.07, 6.45) is 2.63. The number of rotatable bonds is 0. The first-order valence-electron chi connectivity index (χ1n) is 5.18. The van der Waals surface area contributed by atoms with Crippen LogP contribution in [0.1, 0.15) is 16.1 Å². The fraction of sp³-hybridized carbons (Fsp3) is 0.750. The smallest absolute Gasteiger partial charge is 0.118 e. The average Bonchev–Trinajstić information content (AvgIpc) is 2.12. The van der Waals surface area contributed by atoms with Gasteiger partial charge in [0.2, 0.25) is 0 Å². The van der Waals surface area contributed by atoms with E-state index in [1.54, 1.807) is 6.20 Å². The van der Waals surface area contributed by atoms with E-state index in [-0.39, 0.29) is 19.1 Å². The third-order valence-electron chi connectivity index (χ3n) is 2.05. The van der Waals surface area contributed by atoms with Gasteiger partial charge < -0.3 is 15.5 Å². The third kappa shape index (κ3) is 1.15. The monoisotopic (exact) mass is 155 g/mol. The lowest BCUT2D eigenvalue weighted by Gasteiger charge is -2.40. The maximum atomic E-state index is 7.85. The van der Waals surface area contributed by atoms with Crippen LogP contribution >= 0.6 is 0 Å². The van der Waals surface area contributed by atoms with E-state index >= 15 is 0 Å². The van der Waals surface area contributed by atoms with Crippen LogP contribution < -0.4 is 10.6 Å². The van der Waals surface area contributed by atoms with Crippen molar-refractivity contribution < 1.29 is 2.74 Å². The van der Waals surface area contributed by atoms with Gasteiger partial charge in [0.05, 0.1) is 1.37 Å². The molecule has 0 saturated carbocycles. The minimum Gasteiger partial charge on any atom is -0.386 e. The molecular formula is C8H15N3. The number of fused-ring (bicyclic) bond motifs is 1. The summed E-state index contributed by atoms with van der Waals surface area (Å²) in [6.45, 7) is 2.31. The van der Waals surface area contributed by atoms with Gasteiger partial charge in [-0.1, -0.05) is 0 Å². The Morgan fingerprint density at radius 2 is 2.73 bits per heavy atom. The van der Waals surface area contributed by atoms with E-state index in [1.165, 1.54) is 0 Å². The molecule has 3 atom stereocenters. The summed E-state index contributed by atoms with van der Waals surface area (Å²) in [5, 5.41) is 6.19. The summed E-state index contributed by atoms with van der Waals surface area (Å²) in [4.78, 5) is 1.97. The van der Waals surface area contributed by atoms with Gasteiger partial charge in [0.25, 0.3) is 0 Å². The van der Waals surface area contributed by atoms with Crippen LogP contribution in [0.3, 0.4) is 0 Å². The Morgan fingerprint density at radius 1 is 1.82 bits per heavy atom. The van der Waals surface area contributed by atoms with Gasteiger partial charge in [0.1, 0.15) is 5.82 Å². The fourth-order valence-corrected chi connectivity index (χ4v) is 1.45. The van der Waals surface area contributed by atoms with Crippen molar-refractivity contribution in [3.8, 4) is 0 Å². The lowest BCUT2D eigenvalue weighted by atomic mass is 10.2. The van der Waals surface area contributed by atoms with Crippen molar-refractivity contribution in [3.63, 3.8) is 0 Å². The molecule has 0 aromatic heterocycles. The summed E-state index contributed by atoms with van der Waals surface area (Å²) in [6, 6.07) is 0.0651. The van der Waals surface area contributed by atoms with Crippen LogP contribution in [0.2, 0.25) is 0 Å². The van der Waals surface area contributed by atoms with Gasteiger partial charge in [-0.05, 0) is 13.3 Å². The molecule has 1 fully saturated rings. The Bertz CT molecular complexity index is 231. The SMILES string of the molecule is [2H]C1NC=C2NCCC([2H])N2C1C. The molecule has 62 valence electrons. The Morgan fingerprint density at radius 3 is 3.64 bits per heavy atom. The van der Waals surface area contributed by atoms with Gasteiger partial charge in [0, 0.05) is 33.2 Å². The average molecular weight is 155 g/mol. The molecular weight excluding hydrogens is 138 g/mol. The highest BCUT2D eigenvalue weighted by Crippen LogP contribution is 2.13. The van der Waals surface area contributed by atoms with E-state index in [1.807, 2.05) is 11.8 Å². The summed E-state index contributed by atoms with van der Waals surface area (Å²) >= 11 is 0. The molecule has 0 aromatic rings. The molecule has 11 heavy (non-hydrogen) atoms. The fourth-order valence-electron chi connectivity index (χ4n) is 1.45. The van der Waals surface area contributed by atoms with Crippen LogP contribution in [-0.4, -0.2) is 30.5 Å². The molecule has 2 aliphatic rings. The van der Waals surface area contributed by atoms with E-state index in [2.05, 4.69) is 10.6 Å². The minimum atomic E-state index is -0.323. The van der Waals surface area contributed by atoms with Crippen LogP contribution in [0.25, 0.3) is 0 Å². The molecule has 0 aliphatic carbocycles. The molecule has 0 amide bonds. The first-order valence-corrected chi connectivity index (χ1v) is 4.03. The molecule has 2 rings (SSSR count). The van der Waals surface area contributed by atoms with Gasteiger partial charge in [-0.2, -0.15) is 0 Å². The van der Waals surface area contributed by atoms with Gasteiger partial charge >= 0.3 is 0 Å². The van der Waals surface area contributed by atoms with Crippen LogP contribution in [-0.2, 0) is 0 Å². The summed E-state index contributed by atoms with van der Waals surface area (Å²) in [5.74, 6) is 0.960. The summed E-state index contributed by atoms with van der Waals surface area (Å²) in [7, 11) is 0. The largest absolute Gasteiger partial charge is 0.386 e. The maximum absolute atomic E-state index is 7.85. The topological polar surface area (TPSA) is 27.3 Å².